The first-order valence-corrected chi connectivity index (χ1v) is 10.1. The smallest absolute Gasteiger partial charge is 0.344 e. The van der Waals surface area contributed by atoms with Crippen molar-refractivity contribution < 1.29 is 13.9 Å². The van der Waals surface area contributed by atoms with Gasteiger partial charge in [-0.15, -0.1) is 0 Å². The van der Waals surface area contributed by atoms with Crippen LogP contribution in [0.3, 0.4) is 0 Å². The van der Waals surface area contributed by atoms with Gasteiger partial charge in [-0.1, -0.05) is 43.5 Å². The van der Waals surface area contributed by atoms with Crippen LogP contribution < -0.4 is 5.73 Å². The summed E-state index contributed by atoms with van der Waals surface area (Å²) in [6.07, 6.45) is 2.74. The van der Waals surface area contributed by atoms with Crippen LogP contribution in [0.4, 0.5) is 10.2 Å². The minimum Gasteiger partial charge on any atom is -0.462 e. The van der Waals surface area contributed by atoms with Gasteiger partial charge < -0.3 is 10.5 Å². The van der Waals surface area contributed by atoms with Gasteiger partial charge in [-0.3, -0.25) is 4.57 Å². The topological polar surface area (TPSA) is 83.0 Å². The zero-order chi connectivity index (χ0) is 21.3. The molecule has 0 fully saturated rings. The van der Waals surface area contributed by atoms with Gasteiger partial charge in [-0.2, -0.15) is 0 Å². The van der Waals surface area contributed by atoms with Crippen LogP contribution in [0.5, 0.6) is 0 Å². The number of unbranched alkanes of at least 4 members (excludes halogenated alkanes) is 2. The molecule has 0 amide bonds. The lowest BCUT2D eigenvalue weighted by Gasteiger charge is -2.09. The van der Waals surface area contributed by atoms with E-state index < -0.39 is 11.8 Å². The predicted octanol–water partition coefficient (Wildman–Crippen LogP) is 5.30. The fourth-order valence-corrected chi connectivity index (χ4v) is 3.51. The van der Waals surface area contributed by atoms with Crippen LogP contribution in [0.1, 0.15) is 36.5 Å². The van der Waals surface area contributed by atoms with Gasteiger partial charge in [-0.25, -0.2) is 19.2 Å². The van der Waals surface area contributed by atoms with Crippen molar-refractivity contribution in [3.63, 3.8) is 0 Å². The maximum absolute atomic E-state index is 13.7. The Morgan fingerprint density at radius 1 is 1.17 bits per heavy atom. The number of halogens is 2. The number of fused-ring (bicyclic) bond motifs is 2. The molecule has 8 heteroatoms. The summed E-state index contributed by atoms with van der Waals surface area (Å²) in [5.41, 5.74) is 8.94. The second kappa shape index (κ2) is 8.28. The van der Waals surface area contributed by atoms with Crippen molar-refractivity contribution in [1.29, 1.82) is 0 Å². The molecule has 0 aliphatic rings. The van der Waals surface area contributed by atoms with Gasteiger partial charge in [0.25, 0.3) is 0 Å². The molecule has 2 aromatic heterocycles. The molecule has 2 aromatic carbocycles. The third kappa shape index (κ3) is 3.57. The number of nitrogens with zero attached hydrogens (tertiary/aromatic N) is 3. The number of nitrogens with two attached hydrogens (primary N) is 1. The summed E-state index contributed by atoms with van der Waals surface area (Å²) in [7, 11) is 0. The Balaban J connectivity index is 1.92. The van der Waals surface area contributed by atoms with Gasteiger partial charge in [0.15, 0.2) is 5.65 Å². The molecule has 0 unspecified atom stereocenters. The molecule has 0 bridgehead atoms. The average Bonchev–Trinajstić information content (AvgIpc) is 3.02. The van der Waals surface area contributed by atoms with Gasteiger partial charge in [0, 0.05) is 0 Å². The van der Waals surface area contributed by atoms with E-state index in [0.717, 1.165) is 19.3 Å². The number of carbonyl (C=O) groups excluding carboxylic acids is 1. The second-order valence-electron chi connectivity index (χ2n) is 6.92. The van der Waals surface area contributed by atoms with Crippen molar-refractivity contribution in [2.24, 2.45) is 0 Å². The number of benzene rings is 2. The van der Waals surface area contributed by atoms with Crippen LogP contribution in [-0.4, -0.2) is 27.1 Å². The molecule has 2 N–H and O–H groups in total. The van der Waals surface area contributed by atoms with E-state index in [9.17, 15) is 9.18 Å². The molecule has 0 aliphatic heterocycles. The van der Waals surface area contributed by atoms with E-state index in [1.165, 1.54) is 18.2 Å². The predicted molar refractivity (Wildman–Crippen MR) is 116 cm³/mol. The maximum Gasteiger partial charge on any atom is 0.344 e. The summed E-state index contributed by atoms with van der Waals surface area (Å²) in [5.74, 6) is -1.00. The number of carbonyl (C=O) groups is 1. The lowest BCUT2D eigenvalue weighted by molar-refractivity contribution is 0.0501. The van der Waals surface area contributed by atoms with Crippen LogP contribution in [0.2, 0.25) is 5.02 Å². The minimum absolute atomic E-state index is 0.0637. The quantitative estimate of drug-likeness (QED) is 0.334. The van der Waals surface area contributed by atoms with E-state index in [1.54, 1.807) is 10.6 Å². The standard InChI is InChI=1S/C22H20ClFN4O2/c1-2-3-6-11-30-22(29)18-19-21(27-17-8-5-4-7-16(17)26-19)28(20(18)25)13-9-10-15(24)14(23)12-13/h4-5,7-10,12H,2-3,6,11,25H2,1H3. The number of hydrogen-bond acceptors (Lipinski definition) is 5. The highest BCUT2D eigenvalue weighted by molar-refractivity contribution is 6.31. The largest absolute Gasteiger partial charge is 0.462 e. The van der Waals surface area contributed by atoms with Crippen LogP contribution in [0.15, 0.2) is 42.5 Å². The van der Waals surface area contributed by atoms with Crippen LogP contribution in [0.25, 0.3) is 27.9 Å². The van der Waals surface area contributed by atoms with Crippen molar-refractivity contribution in [2.45, 2.75) is 26.2 Å². The first-order chi connectivity index (χ1) is 14.5. The first kappa shape index (κ1) is 20.1. The molecule has 154 valence electrons. The van der Waals surface area contributed by atoms with Crippen molar-refractivity contribution in [3.05, 3.63) is 58.9 Å². The van der Waals surface area contributed by atoms with Gasteiger partial charge in [-0.05, 0) is 36.8 Å². The Morgan fingerprint density at radius 2 is 1.90 bits per heavy atom. The molecule has 0 radical (unpaired) electrons. The molecule has 30 heavy (non-hydrogen) atoms. The number of esters is 1. The highest BCUT2D eigenvalue weighted by Gasteiger charge is 2.26. The summed E-state index contributed by atoms with van der Waals surface area (Å²) in [6, 6.07) is 11.5. The number of para-hydroxylation sites is 2. The number of nitrogen functional groups attached to an aromatic ring is 1. The molecule has 4 rings (SSSR count). The molecular formula is C22H20ClFN4O2. The molecule has 0 aliphatic carbocycles. The Morgan fingerprint density at radius 3 is 2.60 bits per heavy atom. The van der Waals surface area contributed by atoms with E-state index in [0.29, 0.717) is 34.5 Å². The molecule has 0 spiro atoms. The molecular weight excluding hydrogens is 407 g/mol. The van der Waals surface area contributed by atoms with Gasteiger partial charge >= 0.3 is 5.97 Å². The molecule has 0 atom stereocenters. The fraction of sp³-hybridized carbons (Fsp3) is 0.227. The lowest BCUT2D eigenvalue weighted by Crippen LogP contribution is -2.10. The monoisotopic (exact) mass is 426 g/mol. The highest BCUT2D eigenvalue weighted by Crippen LogP contribution is 2.32. The third-order valence-electron chi connectivity index (χ3n) is 4.84. The van der Waals surface area contributed by atoms with E-state index in [-0.39, 0.29) is 16.4 Å². The van der Waals surface area contributed by atoms with Crippen LogP contribution in [0, 0.1) is 5.82 Å². The van der Waals surface area contributed by atoms with Crippen LogP contribution >= 0.6 is 11.6 Å². The zero-order valence-electron chi connectivity index (χ0n) is 16.4. The Kier molecular flexibility index (Phi) is 5.55. The normalized spacial score (nSPS) is 11.3. The Labute approximate surface area is 177 Å². The molecule has 4 aromatic rings. The highest BCUT2D eigenvalue weighted by atomic mass is 35.5. The maximum atomic E-state index is 13.7. The first-order valence-electron chi connectivity index (χ1n) is 9.70. The molecule has 6 nitrogen and oxygen atoms in total. The number of aromatic nitrogens is 3. The minimum atomic E-state index is -0.565. The van der Waals surface area contributed by atoms with Crippen molar-refractivity contribution >= 4 is 45.6 Å². The molecule has 0 saturated heterocycles. The summed E-state index contributed by atoms with van der Waals surface area (Å²) in [4.78, 5) is 22.1. The summed E-state index contributed by atoms with van der Waals surface area (Å²) in [5, 5.41) is -0.0637. The third-order valence-corrected chi connectivity index (χ3v) is 5.13. The van der Waals surface area contributed by atoms with E-state index in [2.05, 4.69) is 16.9 Å². The Hall–Kier alpha value is -3.19. The van der Waals surface area contributed by atoms with Crippen molar-refractivity contribution in [2.75, 3.05) is 12.3 Å². The summed E-state index contributed by atoms with van der Waals surface area (Å²) >= 11 is 5.97. The molecule has 2 heterocycles. The van der Waals surface area contributed by atoms with Gasteiger partial charge in [0.2, 0.25) is 0 Å². The lowest BCUT2D eigenvalue weighted by atomic mass is 10.2. The number of hydrogen-bond donors (Lipinski definition) is 1. The second-order valence-corrected chi connectivity index (χ2v) is 7.33. The van der Waals surface area contributed by atoms with E-state index in [1.807, 2.05) is 18.2 Å². The van der Waals surface area contributed by atoms with Gasteiger partial charge in [0.05, 0.1) is 28.4 Å². The Bertz CT molecular complexity index is 1260. The van der Waals surface area contributed by atoms with Gasteiger partial charge in [0.1, 0.15) is 22.7 Å². The van der Waals surface area contributed by atoms with Crippen molar-refractivity contribution in [1.82, 2.24) is 14.5 Å². The van der Waals surface area contributed by atoms with E-state index >= 15 is 0 Å². The number of rotatable bonds is 6. The zero-order valence-corrected chi connectivity index (χ0v) is 17.1. The summed E-state index contributed by atoms with van der Waals surface area (Å²) < 4.78 is 20.7. The SMILES string of the molecule is CCCCCOC(=O)c1c(N)n(-c2ccc(F)c(Cl)c2)c2nc3ccccc3nc12. The summed E-state index contributed by atoms with van der Waals surface area (Å²) in [6.45, 7) is 2.37. The number of ether oxygens (including phenoxy) is 1. The average molecular weight is 427 g/mol. The number of anilines is 1. The van der Waals surface area contributed by atoms with Crippen molar-refractivity contribution in [3.8, 4) is 5.69 Å². The fourth-order valence-electron chi connectivity index (χ4n) is 3.34. The van der Waals surface area contributed by atoms with Crippen LogP contribution in [-0.2, 0) is 4.74 Å². The van der Waals surface area contributed by atoms with E-state index in [4.69, 9.17) is 22.1 Å². The molecule has 0 saturated carbocycles.